The monoisotopic (exact) mass is 417 g/mol. The lowest BCUT2D eigenvalue weighted by molar-refractivity contribution is 0.0695. The quantitative estimate of drug-likeness (QED) is 0.683. The van der Waals surface area contributed by atoms with Gasteiger partial charge in [-0.2, -0.15) is 0 Å². The molecule has 0 atom stereocenters. The van der Waals surface area contributed by atoms with Crippen LogP contribution in [0.3, 0.4) is 0 Å². The predicted octanol–water partition coefficient (Wildman–Crippen LogP) is 2.57. The van der Waals surface area contributed by atoms with Crippen LogP contribution in [0.1, 0.15) is 15.9 Å². The molecule has 0 saturated carbocycles. The number of benzene rings is 2. The highest BCUT2D eigenvalue weighted by Crippen LogP contribution is 2.30. The van der Waals surface area contributed by atoms with Crippen LogP contribution in [0.5, 0.6) is 0 Å². The van der Waals surface area contributed by atoms with E-state index in [4.69, 9.17) is 0 Å². The number of carbonyl (C=O) groups is 1. The van der Waals surface area contributed by atoms with Gasteiger partial charge in [0.1, 0.15) is 22.9 Å². The molecule has 0 spiro atoms. The maximum absolute atomic E-state index is 15.6. The van der Waals surface area contributed by atoms with E-state index >= 15 is 4.39 Å². The first-order valence-electron chi connectivity index (χ1n) is 9.36. The Bertz CT molecular complexity index is 1200. The fraction of sp³-hybridized carbons (Fsp3) is 0.238. The predicted molar refractivity (Wildman–Crippen MR) is 106 cm³/mol. The number of fused-ring (bicyclic) bond motifs is 1. The van der Waals surface area contributed by atoms with Gasteiger partial charge in [-0.1, -0.05) is 18.2 Å². The summed E-state index contributed by atoms with van der Waals surface area (Å²) in [5, 5.41) is 12.1. The highest BCUT2D eigenvalue weighted by molar-refractivity contribution is 5.94. The Morgan fingerprint density at radius 3 is 2.47 bits per heavy atom. The summed E-state index contributed by atoms with van der Waals surface area (Å²) in [4.78, 5) is 25.7. The number of pyridine rings is 1. The molecule has 3 aromatic rings. The van der Waals surface area contributed by atoms with Crippen LogP contribution >= 0.6 is 0 Å². The molecule has 9 heteroatoms. The zero-order chi connectivity index (χ0) is 21.4. The summed E-state index contributed by atoms with van der Waals surface area (Å²) in [5.41, 5.74) is -2.01. The van der Waals surface area contributed by atoms with Crippen LogP contribution in [0.2, 0.25) is 0 Å². The summed E-state index contributed by atoms with van der Waals surface area (Å²) in [6.07, 6.45) is 0.974. The molecule has 2 aromatic carbocycles. The van der Waals surface area contributed by atoms with Crippen LogP contribution in [0.25, 0.3) is 10.9 Å². The average Bonchev–Trinajstić information content (AvgIpc) is 2.72. The zero-order valence-electron chi connectivity index (χ0n) is 15.8. The summed E-state index contributed by atoms with van der Waals surface area (Å²) >= 11 is 0. The third-order valence-electron chi connectivity index (χ3n) is 5.19. The van der Waals surface area contributed by atoms with E-state index in [2.05, 4.69) is 5.32 Å². The van der Waals surface area contributed by atoms with Gasteiger partial charge >= 0.3 is 5.97 Å². The van der Waals surface area contributed by atoms with Crippen molar-refractivity contribution in [2.24, 2.45) is 0 Å². The van der Waals surface area contributed by atoms with Gasteiger partial charge in [0, 0.05) is 37.9 Å². The molecule has 4 rings (SSSR count). The molecule has 1 aliphatic rings. The minimum Gasteiger partial charge on any atom is -0.477 e. The second-order valence-corrected chi connectivity index (χ2v) is 7.05. The number of halogens is 3. The molecule has 1 saturated heterocycles. The Morgan fingerprint density at radius 2 is 1.80 bits per heavy atom. The van der Waals surface area contributed by atoms with Crippen LogP contribution in [-0.4, -0.2) is 41.8 Å². The molecular weight excluding hydrogens is 399 g/mol. The van der Waals surface area contributed by atoms with Crippen molar-refractivity contribution in [1.82, 2.24) is 9.88 Å². The van der Waals surface area contributed by atoms with Gasteiger partial charge in [-0.3, -0.25) is 4.79 Å². The maximum atomic E-state index is 15.6. The first-order chi connectivity index (χ1) is 14.4. The molecule has 1 fully saturated rings. The lowest BCUT2D eigenvalue weighted by atomic mass is 10.1. The van der Waals surface area contributed by atoms with Crippen LogP contribution in [0, 0.1) is 17.5 Å². The number of nitrogens with zero attached hydrogens (tertiary/aromatic N) is 2. The topological polar surface area (TPSA) is 74.6 Å². The van der Waals surface area contributed by atoms with Gasteiger partial charge in [-0.05, 0) is 12.1 Å². The molecule has 0 amide bonds. The van der Waals surface area contributed by atoms with Crippen LogP contribution in [0.15, 0.2) is 41.3 Å². The number of piperazine rings is 1. The normalized spacial score (nSPS) is 14.3. The number of carboxylic acids is 1. The van der Waals surface area contributed by atoms with E-state index in [1.807, 2.05) is 0 Å². The molecule has 2 N–H and O–H groups in total. The van der Waals surface area contributed by atoms with Crippen molar-refractivity contribution >= 4 is 22.6 Å². The summed E-state index contributed by atoms with van der Waals surface area (Å²) in [6, 6.07) is 6.63. The number of rotatable bonds is 4. The third kappa shape index (κ3) is 3.41. The second-order valence-electron chi connectivity index (χ2n) is 7.05. The lowest BCUT2D eigenvalue weighted by Crippen LogP contribution is -2.44. The number of nitrogens with one attached hydrogen (secondary N) is 1. The first-order valence-corrected chi connectivity index (χ1v) is 9.36. The van der Waals surface area contributed by atoms with Gasteiger partial charge in [-0.25, -0.2) is 18.0 Å². The highest BCUT2D eigenvalue weighted by atomic mass is 19.1. The van der Waals surface area contributed by atoms with Crippen molar-refractivity contribution in [3.8, 4) is 0 Å². The van der Waals surface area contributed by atoms with Crippen molar-refractivity contribution in [2.45, 2.75) is 6.54 Å². The molecule has 2 heterocycles. The van der Waals surface area contributed by atoms with Crippen molar-refractivity contribution < 1.29 is 23.1 Å². The first kappa shape index (κ1) is 20.0. The number of hydrogen-bond donors (Lipinski definition) is 2. The van der Waals surface area contributed by atoms with Gasteiger partial charge in [0.05, 0.1) is 17.4 Å². The van der Waals surface area contributed by atoms with Crippen LogP contribution < -0.4 is 15.6 Å². The van der Waals surface area contributed by atoms with E-state index in [9.17, 15) is 23.5 Å². The van der Waals surface area contributed by atoms with Crippen molar-refractivity contribution in [3.05, 3.63) is 75.3 Å². The molecule has 30 heavy (non-hydrogen) atoms. The fourth-order valence-electron chi connectivity index (χ4n) is 3.74. The molecule has 156 valence electrons. The van der Waals surface area contributed by atoms with Gasteiger partial charge < -0.3 is 19.9 Å². The summed E-state index contributed by atoms with van der Waals surface area (Å²) in [5.74, 6) is -4.02. The SMILES string of the molecule is O=C(O)c1cn(Cc2ccccc2F)c2c(F)c(N3CCNCC3)c(F)cc2c1=O. The Kier molecular flexibility index (Phi) is 5.21. The van der Waals surface area contributed by atoms with Crippen molar-refractivity contribution in [3.63, 3.8) is 0 Å². The van der Waals surface area contributed by atoms with E-state index in [0.717, 1.165) is 16.8 Å². The van der Waals surface area contributed by atoms with Crippen molar-refractivity contribution in [1.29, 1.82) is 0 Å². The largest absolute Gasteiger partial charge is 0.477 e. The Balaban J connectivity index is 2.00. The minimum absolute atomic E-state index is 0.172. The summed E-state index contributed by atoms with van der Waals surface area (Å²) < 4.78 is 45.8. The second kappa shape index (κ2) is 7.83. The van der Waals surface area contributed by atoms with Gasteiger partial charge in [0.2, 0.25) is 5.43 Å². The number of carboxylic acid groups (broad SMARTS) is 1. The van der Waals surface area contributed by atoms with E-state index < -0.39 is 39.8 Å². The zero-order valence-corrected chi connectivity index (χ0v) is 15.8. The lowest BCUT2D eigenvalue weighted by Gasteiger charge is -2.30. The number of anilines is 1. The number of aromatic carboxylic acids is 1. The molecule has 1 aliphatic heterocycles. The fourth-order valence-corrected chi connectivity index (χ4v) is 3.74. The molecule has 6 nitrogen and oxygen atoms in total. The molecule has 0 radical (unpaired) electrons. The Labute approximate surface area is 169 Å². The third-order valence-corrected chi connectivity index (χ3v) is 5.19. The standard InChI is InChI=1S/C21H18F3N3O3/c22-15-4-2-1-3-12(15)10-27-11-14(21(29)30)20(28)13-9-16(23)19(17(24)18(13)27)26-7-5-25-6-8-26/h1-4,9,11,25H,5-8,10H2,(H,29,30). The summed E-state index contributed by atoms with van der Waals surface area (Å²) in [7, 11) is 0. The van der Waals surface area contributed by atoms with Gasteiger partial charge in [0.15, 0.2) is 5.82 Å². The van der Waals surface area contributed by atoms with E-state index in [0.29, 0.717) is 26.2 Å². The number of hydrogen-bond acceptors (Lipinski definition) is 4. The summed E-state index contributed by atoms with van der Waals surface area (Å²) in [6.45, 7) is 1.58. The van der Waals surface area contributed by atoms with E-state index in [-0.39, 0.29) is 23.3 Å². The van der Waals surface area contributed by atoms with E-state index in [1.54, 1.807) is 6.07 Å². The average molecular weight is 417 g/mol. The van der Waals surface area contributed by atoms with Crippen LogP contribution in [0.4, 0.5) is 18.9 Å². The van der Waals surface area contributed by atoms with Gasteiger partial charge in [0.25, 0.3) is 0 Å². The smallest absolute Gasteiger partial charge is 0.341 e. The minimum atomic E-state index is -1.53. The van der Waals surface area contributed by atoms with Gasteiger partial charge in [-0.15, -0.1) is 0 Å². The van der Waals surface area contributed by atoms with Crippen LogP contribution in [-0.2, 0) is 6.54 Å². The molecular formula is C21H18F3N3O3. The Morgan fingerprint density at radius 1 is 1.10 bits per heavy atom. The molecule has 0 aliphatic carbocycles. The maximum Gasteiger partial charge on any atom is 0.341 e. The molecule has 0 bridgehead atoms. The molecule has 0 unspecified atom stereocenters. The number of aromatic nitrogens is 1. The van der Waals surface area contributed by atoms with E-state index in [1.165, 1.54) is 23.1 Å². The Hall–Kier alpha value is -3.33. The van der Waals surface area contributed by atoms with Crippen molar-refractivity contribution in [2.75, 3.05) is 31.1 Å². The molecule has 1 aromatic heterocycles. The highest BCUT2D eigenvalue weighted by Gasteiger charge is 2.26.